The Morgan fingerprint density at radius 3 is 2.74 bits per heavy atom. The Bertz CT molecular complexity index is 1130. The van der Waals surface area contributed by atoms with E-state index in [1.165, 1.54) is 22.4 Å². The van der Waals surface area contributed by atoms with Crippen LogP contribution in [0.3, 0.4) is 0 Å². The van der Waals surface area contributed by atoms with Gasteiger partial charge >= 0.3 is 0 Å². The Kier molecular flexibility index (Phi) is 5.33. The molecule has 0 saturated heterocycles. The zero-order chi connectivity index (χ0) is 21.2. The Hall–Kier alpha value is -3.33. The molecule has 3 atom stereocenters. The lowest BCUT2D eigenvalue weighted by Crippen LogP contribution is -2.29. The maximum absolute atomic E-state index is 5.69. The lowest BCUT2D eigenvalue weighted by molar-refractivity contribution is 0.340. The third-order valence-electron chi connectivity index (χ3n) is 6.34. The van der Waals surface area contributed by atoms with Crippen LogP contribution >= 0.6 is 0 Å². The number of nitrogens with zero attached hydrogens (tertiary/aromatic N) is 1. The standard InChI is InChI=1S/C28H28N2O/c1-3-31-27-10-5-4-7-21(27)18-29-22-14-12-20(13-15-22)28-24-9-6-8-23(24)25-17-19(2)11-16-26(25)30-28/h4-8,10-18,23-24,28,30H,3,9H2,1-2H3/t23-,24+,28+/m1/s1. The Labute approximate surface area is 184 Å². The summed E-state index contributed by atoms with van der Waals surface area (Å²) in [6.45, 7) is 4.82. The molecule has 3 aromatic carbocycles. The molecular weight excluding hydrogens is 380 g/mol. The van der Waals surface area contributed by atoms with Gasteiger partial charge in [-0.3, -0.25) is 4.99 Å². The topological polar surface area (TPSA) is 33.6 Å². The van der Waals surface area contributed by atoms with Gasteiger partial charge in [0, 0.05) is 23.4 Å². The monoisotopic (exact) mass is 408 g/mol. The smallest absolute Gasteiger partial charge is 0.128 e. The minimum atomic E-state index is 0.312. The molecule has 5 rings (SSSR count). The van der Waals surface area contributed by atoms with Crippen LogP contribution in [0.4, 0.5) is 11.4 Å². The molecule has 1 aliphatic carbocycles. The van der Waals surface area contributed by atoms with Gasteiger partial charge in [-0.2, -0.15) is 0 Å². The number of anilines is 1. The van der Waals surface area contributed by atoms with Crippen LogP contribution in [0.15, 0.2) is 83.9 Å². The van der Waals surface area contributed by atoms with Crippen molar-refractivity contribution in [2.75, 3.05) is 11.9 Å². The van der Waals surface area contributed by atoms with E-state index in [1.807, 2.05) is 37.4 Å². The Morgan fingerprint density at radius 1 is 1.06 bits per heavy atom. The Balaban J connectivity index is 1.38. The third-order valence-corrected chi connectivity index (χ3v) is 6.34. The van der Waals surface area contributed by atoms with Crippen molar-refractivity contribution in [1.82, 2.24) is 0 Å². The fourth-order valence-corrected chi connectivity index (χ4v) is 4.83. The van der Waals surface area contributed by atoms with E-state index in [4.69, 9.17) is 4.74 Å². The second-order valence-corrected chi connectivity index (χ2v) is 8.39. The number of nitrogens with one attached hydrogen (secondary N) is 1. The summed E-state index contributed by atoms with van der Waals surface area (Å²) >= 11 is 0. The molecule has 3 aromatic rings. The van der Waals surface area contributed by atoms with Crippen LogP contribution in [-0.4, -0.2) is 12.8 Å². The van der Waals surface area contributed by atoms with Crippen molar-refractivity contribution >= 4 is 17.6 Å². The predicted octanol–water partition coefficient (Wildman–Crippen LogP) is 6.97. The van der Waals surface area contributed by atoms with Crippen LogP contribution in [0.2, 0.25) is 0 Å². The minimum absolute atomic E-state index is 0.312. The molecule has 3 heteroatoms. The second-order valence-electron chi connectivity index (χ2n) is 8.39. The quantitative estimate of drug-likeness (QED) is 0.365. The molecule has 156 valence electrons. The number of fused-ring (bicyclic) bond motifs is 3. The lowest BCUT2D eigenvalue weighted by Gasteiger charge is -2.37. The molecular formula is C28H28N2O. The summed E-state index contributed by atoms with van der Waals surface area (Å²) in [6, 6.07) is 23.7. The van der Waals surface area contributed by atoms with Crippen molar-refractivity contribution in [2.24, 2.45) is 10.9 Å². The van der Waals surface area contributed by atoms with Crippen molar-refractivity contribution in [3.8, 4) is 5.75 Å². The number of allylic oxidation sites excluding steroid dienone is 2. The first-order chi connectivity index (χ1) is 15.2. The average molecular weight is 409 g/mol. The van der Waals surface area contributed by atoms with Crippen LogP contribution in [0.1, 0.15) is 47.6 Å². The summed E-state index contributed by atoms with van der Waals surface area (Å²) < 4.78 is 5.69. The van der Waals surface area contributed by atoms with Crippen molar-refractivity contribution in [1.29, 1.82) is 0 Å². The fraction of sp³-hybridized carbons (Fsp3) is 0.250. The number of hydrogen-bond acceptors (Lipinski definition) is 3. The first kappa shape index (κ1) is 19.6. The highest BCUT2D eigenvalue weighted by Gasteiger charge is 2.37. The zero-order valence-electron chi connectivity index (χ0n) is 18.1. The molecule has 1 heterocycles. The average Bonchev–Trinajstić information content (AvgIpc) is 3.29. The number of aryl methyl sites for hydroxylation is 1. The first-order valence-corrected chi connectivity index (χ1v) is 11.1. The largest absolute Gasteiger partial charge is 0.493 e. The summed E-state index contributed by atoms with van der Waals surface area (Å²) in [6.07, 6.45) is 7.74. The van der Waals surface area contributed by atoms with E-state index in [9.17, 15) is 0 Å². The van der Waals surface area contributed by atoms with E-state index in [1.54, 1.807) is 0 Å². The molecule has 1 N–H and O–H groups in total. The molecule has 0 fully saturated rings. The maximum Gasteiger partial charge on any atom is 0.128 e. The van der Waals surface area contributed by atoms with Crippen LogP contribution in [-0.2, 0) is 0 Å². The molecule has 0 bridgehead atoms. The third kappa shape index (κ3) is 3.88. The molecule has 0 aromatic heterocycles. The van der Waals surface area contributed by atoms with E-state index in [-0.39, 0.29) is 0 Å². The highest BCUT2D eigenvalue weighted by atomic mass is 16.5. The van der Waals surface area contributed by atoms with Gasteiger partial charge in [-0.15, -0.1) is 0 Å². The highest BCUT2D eigenvalue weighted by molar-refractivity contribution is 5.85. The number of rotatable bonds is 5. The van der Waals surface area contributed by atoms with Crippen LogP contribution in [0.25, 0.3) is 0 Å². The van der Waals surface area contributed by atoms with Crippen molar-refractivity contribution < 1.29 is 4.74 Å². The van der Waals surface area contributed by atoms with E-state index in [0.717, 1.165) is 23.4 Å². The molecule has 2 aliphatic rings. The highest BCUT2D eigenvalue weighted by Crippen LogP contribution is 2.50. The zero-order valence-corrected chi connectivity index (χ0v) is 18.1. The fourth-order valence-electron chi connectivity index (χ4n) is 4.83. The molecule has 31 heavy (non-hydrogen) atoms. The van der Waals surface area contributed by atoms with Crippen LogP contribution in [0.5, 0.6) is 5.75 Å². The van der Waals surface area contributed by atoms with Crippen LogP contribution < -0.4 is 10.1 Å². The van der Waals surface area contributed by atoms with E-state index in [2.05, 4.69) is 71.8 Å². The number of hydrogen-bond donors (Lipinski definition) is 1. The van der Waals surface area contributed by atoms with Gasteiger partial charge in [0.15, 0.2) is 0 Å². The van der Waals surface area contributed by atoms with Gasteiger partial charge in [-0.1, -0.05) is 54.1 Å². The maximum atomic E-state index is 5.69. The number of ether oxygens (including phenoxy) is 1. The van der Waals surface area contributed by atoms with Gasteiger partial charge in [-0.05, 0) is 67.6 Å². The molecule has 0 radical (unpaired) electrons. The molecule has 0 unspecified atom stereocenters. The Morgan fingerprint density at radius 2 is 1.90 bits per heavy atom. The van der Waals surface area contributed by atoms with Crippen molar-refractivity contribution in [3.05, 3.63) is 101 Å². The molecule has 3 nitrogen and oxygen atoms in total. The molecule has 1 aliphatic heterocycles. The number of para-hydroxylation sites is 1. The summed E-state index contributed by atoms with van der Waals surface area (Å²) in [4.78, 5) is 4.68. The van der Waals surface area contributed by atoms with Gasteiger partial charge in [0.05, 0.1) is 18.3 Å². The molecule has 0 amide bonds. The summed E-state index contributed by atoms with van der Waals surface area (Å²) in [5.41, 5.74) is 7.28. The van der Waals surface area contributed by atoms with Crippen molar-refractivity contribution in [3.63, 3.8) is 0 Å². The molecule has 0 saturated carbocycles. The van der Waals surface area contributed by atoms with E-state index < -0.39 is 0 Å². The van der Waals surface area contributed by atoms with Gasteiger partial charge < -0.3 is 10.1 Å². The molecule has 0 spiro atoms. The second kappa shape index (κ2) is 8.43. The lowest BCUT2D eigenvalue weighted by atomic mass is 9.76. The summed E-state index contributed by atoms with van der Waals surface area (Å²) in [7, 11) is 0. The minimum Gasteiger partial charge on any atom is -0.493 e. The van der Waals surface area contributed by atoms with E-state index in [0.29, 0.717) is 24.5 Å². The predicted molar refractivity (Wildman–Crippen MR) is 129 cm³/mol. The summed E-state index contributed by atoms with van der Waals surface area (Å²) in [5.74, 6) is 1.92. The van der Waals surface area contributed by atoms with Gasteiger partial charge in [0.25, 0.3) is 0 Å². The van der Waals surface area contributed by atoms with E-state index >= 15 is 0 Å². The van der Waals surface area contributed by atoms with Gasteiger partial charge in [-0.25, -0.2) is 0 Å². The van der Waals surface area contributed by atoms with Crippen molar-refractivity contribution in [2.45, 2.75) is 32.2 Å². The van der Waals surface area contributed by atoms with Gasteiger partial charge in [0.1, 0.15) is 5.75 Å². The number of benzene rings is 3. The number of aliphatic imine (C=N–C) groups is 1. The van der Waals surface area contributed by atoms with Gasteiger partial charge in [0.2, 0.25) is 0 Å². The van der Waals surface area contributed by atoms with Crippen LogP contribution in [0, 0.1) is 12.8 Å². The summed E-state index contributed by atoms with van der Waals surface area (Å²) in [5, 5.41) is 3.82. The normalized spacial score (nSPS) is 21.5. The first-order valence-electron chi connectivity index (χ1n) is 11.1. The SMILES string of the molecule is CCOc1ccccc1C=Nc1ccc([C@@H]2Nc3ccc(C)cc3[C@@H]3C=CC[C@@H]32)cc1.